The van der Waals surface area contributed by atoms with E-state index < -0.39 is 17.9 Å². The lowest BCUT2D eigenvalue weighted by Crippen LogP contribution is -2.20. The van der Waals surface area contributed by atoms with Crippen molar-refractivity contribution in [2.75, 3.05) is 13.2 Å². The number of carbonyl (C=O) groups is 3. The van der Waals surface area contributed by atoms with Gasteiger partial charge in [-0.15, -0.1) is 0 Å². The van der Waals surface area contributed by atoms with Crippen molar-refractivity contribution in [2.24, 2.45) is 5.92 Å². The molecule has 138 valence electrons. The number of hydrogen-bond donors (Lipinski definition) is 1. The third kappa shape index (κ3) is 4.57. The molecular weight excluding hydrogens is 404 g/mol. The molecule has 0 spiro atoms. The molecule has 0 aliphatic heterocycles. The summed E-state index contributed by atoms with van der Waals surface area (Å²) in [5.41, 5.74) is 1.21. The van der Waals surface area contributed by atoms with Crippen molar-refractivity contribution in [2.45, 2.75) is 20.8 Å². The van der Waals surface area contributed by atoms with Crippen molar-refractivity contribution in [1.82, 2.24) is 10.2 Å². The van der Waals surface area contributed by atoms with Crippen LogP contribution in [0.4, 0.5) is 0 Å². The van der Waals surface area contributed by atoms with Gasteiger partial charge in [0.1, 0.15) is 12.3 Å². The highest BCUT2D eigenvalue weighted by Crippen LogP contribution is 2.30. The normalized spacial score (nSPS) is 11.7. The number of aromatic amines is 1. The average molecular weight is 423 g/mol. The van der Waals surface area contributed by atoms with Crippen molar-refractivity contribution >= 4 is 33.7 Å². The predicted molar refractivity (Wildman–Crippen MR) is 97.8 cm³/mol. The molecule has 1 N–H and O–H groups in total. The molecule has 1 unspecified atom stereocenters. The quantitative estimate of drug-likeness (QED) is 0.542. The first kappa shape index (κ1) is 19.8. The maximum Gasteiger partial charge on any atom is 0.357 e. The fourth-order valence-corrected chi connectivity index (χ4v) is 2.75. The van der Waals surface area contributed by atoms with Crippen molar-refractivity contribution in [3.8, 4) is 11.1 Å². The highest BCUT2D eigenvalue weighted by molar-refractivity contribution is 9.10. The highest BCUT2D eigenvalue weighted by atomic mass is 79.9. The molecular formula is C18H19BrN2O5. The number of hydrogen-bond acceptors (Lipinski definition) is 6. The Morgan fingerprint density at radius 1 is 1.27 bits per heavy atom. The van der Waals surface area contributed by atoms with E-state index in [0.717, 1.165) is 4.47 Å². The zero-order valence-corrected chi connectivity index (χ0v) is 16.3. The summed E-state index contributed by atoms with van der Waals surface area (Å²) in [4.78, 5) is 36.0. The van der Waals surface area contributed by atoms with Gasteiger partial charge in [-0.05, 0) is 24.6 Å². The average Bonchev–Trinajstić information content (AvgIpc) is 3.04. The SMILES string of the molecule is CCOC(=O)c1[nH]nc(C(=O)C(C)COC(C)=O)c1-c1cccc(Br)c1. The number of nitrogens with zero attached hydrogens (tertiary/aromatic N) is 1. The molecule has 0 fully saturated rings. The molecule has 1 aromatic heterocycles. The molecule has 1 heterocycles. The van der Waals surface area contributed by atoms with Crippen molar-refractivity contribution in [1.29, 1.82) is 0 Å². The smallest absolute Gasteiger partial charge is 0.357 e. The number of esters is 2. The van der Waals surface area contributed by atoms with Gasteiger partial charge in [-0.1, -0.05) is 35.0 Å². The number of rotatable bonds is 7. The second-order valence-electron chi connectivity index (χ2n) is 5.62. The number of nitrogens with one attached hydrogen (secondary N) is 1. The molecule has 0 saturated carbocycles. The first-order valence-electron chi connectivity index (χ1n) is 8.04. The van der Waals surface area contributed by atoms with Crippen LogP contribution in [0.2, 0.25) is 0 Å². The lowest BCUT2D eigenvalue weighted by molar-refractivity contribution is -0.141. The van der Waals surface area contributed by atoms with E-state index >= 15 is 0 Å². The molecule has 2 aromatic rings. The van der Waals surface area contributed by atoms with Crippen LogP contribution in [0.5, 0.6) is 0 Å². The molecule has 0 aliphatic rings. The van der Waals surface area contributed by atoms with E-state index in [4.69, 9.17) is 9.47 Å². The van der Waals surface area contributed by atoms with Crippen molar-refractivity contribution in [3.63, 3.8) is 0 Å². The van der Waals surface area contributed by atoms with Gasteiger partial charge in [0.15, 0.2) is 11.5 Å². The molecule has 0 aliphatic carbocycles. The third-order valence-corrected chi connectivity index (χ3v) is 4.07. The van der Waals surface area contributed by atoms with E-state index in [1.807, 2.05) is 6.07 Å². The lowest BCUT2D eigenvalue weighted by atomic mass is 9.96. The van der Waals surface area contributed by atoms with Crippen LogP contribution >= 0.6 is 15.9 Å². The van der Waals surface area contributed by atoms with Crippen LogP contribution in [-0.4, -0.2) is 41.1 Å². The minimum atomic E-state index is -0.608. The standard InChI is InChI=1S/C18H19BrN2O5/c1-4-25-18(24)16-14(12-6-5-7-13(19)8-12)15(20-21-16)17(23)10(2)9-26-11(3)22/h5-8,10H,4,9H2,1-3H3,(H,20,21). The van der Waals surface area contributed by atoms with Crippen molar-refractivity contribution < 1.29 is 23.9 Å². The summed E-state index contributed by atoms with van der Waals surface area (Å²) in [6, 6.07) is 7.17. The van der Waals surface area contributed by atoms with Crippen LogP contribution < -0.4 is 0 Å². The summed E-state index contributed by atoms with van der Waals surface area (Å²) >= 11 is 3.38. The van der Waals surface area contributed by atoms with Gasteiger partial charge in [0.2, 0.25) is 0 Å². The molecule has 0 radical (unpaired) electrons. The largest absolute Gasteiger partial charge is 0.465 e. The van der Waals surface area contributed by atoms with Gasteiger partial charge in [-0.25, -0.2) is 4.79 Å². The Morgan fingerprint density at radius 2 is 2.00 bits per heavy atom. The number of ketones is 1. The van der Waals surface area contributed by atoms with Crippen LogP contribution in [0.3, 0.4) is 0 Å². The van der Waals surface area contributed by atoms with Gasteiger partial charge in [0, 0.05) is 17.0 Å². The number of H-pyrrole nitrogens is 1. The van der Waals surface area contributed by atoms with E-state index in [1.54, 1.807) is 32.0 Å². The van der Waals surface area contributed by atoms with Crippen LogP contribution in [-0.2, 0) is 14.3 Å². The summed E-state index contributed by atoms with van der Waals surface area (Å²) in [5, 5.41) is 6.65. The van der Waals surface area contributed by atoms with Crippen LogP contribution in [0.15, 0.2) is 28.7 Å². The Kier molecular flexibility index (Phi) is 6.68. The third-order valence-electron chi connectivity index (χ3n) is 3.58. The van der Waals surface area contributed by atoms with Gasteiger partial charge in [0.05, 0.1) is 12.5 Å². The minimum Gasteiger partial charge on any atom is -0.465 e. The second-order valence-corrected chi connectivity index (χ2v) is 6.54. The maximum atomic E-state index is 12.8. The highest BCUT2D eigenvalue weighted by Gasteiger charge is 2.28. The fourth-order valence-electron chi connectivity index (χ4n) is 2.35. The lowest BCUT2D eigenvalue weighted by Gasteiger charge is -2.11. The summed E-state index contributed by atoms with van der Waals surface area (Å²) < 4.78 is 10.7. The van der Waals surface area contributed by atoms with Crippen LogP contribution in [0.25, 0.3) is 11.1 Å². The zero-order chi connectivity index (χ0) is 19.3. The topological polar surface area (TPSA) is 98.4 Å². The van der Waals surface area contributed by atoms with Gasteiger partial charge >= 0.3 is 11.9 Å². The fraction of sp³-hybridized carbons (Fsp3) is 0.333. The maximum absolute atomic E-state index is 12.8. The summed E-state index contributed by atoms with van der Waals surface area (Å²) in [5.74, 6) is -2.01. The van der Waals surface area contributed by atoms with Gasteiger partial charge in [0.25, 0.3) is 0 Å². The molecule has 2 rings (SSSR count). The number of carbonyl (C=O) groups excluding carboxylic acids is 3. The number of benzene rings is 1. The molecule has 1 atom stereocenters. The monoisotopic (exact) mass is 422 g/mol. The molecule has 7 nitrogen and oxygen atoms in total. The Bertz CT molecular complexity index is 831. The van der Waals surface area contributed by atoms with Gasteiger partial charge in [-0.2, -0.15) is 5.10 Å². The molecule has 26 heavy (non-hydrogen) atoms. The Labute approximate surface area is 159 Å². The number of aromatic nitrogens is 2. The van der Waals surface area contributed by atoms with Crippen LogP contribution in [0.1, 0.15) is 41.7 Å². The first-order chi connectivity index (χ1) is 12.3. The summed E-state index contributed by atoms with van der Waals surface area (Å²) in [7, 11) is 0. The first-order valence-corrected chi connectivity index (χ1v) is 8.83. The second kappa shape index (κ2) is 8.75. The van der Waals surface area contributed by atoms with Crippen molar-refractivity contribution in [3.05, 3.63) is 40.1 Å². The molecule has 0 saturated heterocycles. The Hall–Kier alpha value is -2.48. The van der Waals surface area contributed by atoms with E-state index in [2.05, 4.69) is 26.1 Å². The van der Waals surface area contributed by atoms with Gasteiger partial charge in [-0.3, -0.25) is 14.7 Å². The Balaban J connectivity index is 2.47. The zero-order valence-electron chi connectivity index (χ0n) is 14.7. The van der Waals surface area contributed by atoms with E-state index in [-0.39, 0.29) is 30.4 Å². The summed E-state index contributed by atoms with van der Waals surface area (Å²) in [6.07, 6.45) is 0. The van der Waals surface area contributed by atoms with E-state index in [9.17, 15) is 14.4 Å². The minimum absolute atomic E-state index is 0.0618. The predicted octanol–water partition coefficient (Wildman–Crippen LogP) is 3.40. The Morgan fingerprint density at radius 3 is 2.62 bits per heavy atom. The van der Waals surface area contributed by atoms with E-state index in [0.29, 0.717) is 11.1 Å². The van der Waals surface area contributed by atoms with Crippen LogP contribution in [0, 0.1) is 5.92 Å². The molecule has 8 heteroatoms. The van der Waals surface area contributed by atoms with Gasteiger partial charge < -0.3 is 9.47 Å². The van der Waals surface area contributed by atoms with E-state index in [1.165, 1.54) is 6.92 Å². The molecule has 1 aromatic carbocycles. The number of Topliss-reactive ketones (excluding diaryl/α,β-unsaturated/α-hetero) is 1. The molecule has 0 bridgehead atoms. The summed E-state index contributed by atoms with van der Waals surface area (Å²) in [6.45, 7) is 4.74. The number of halogens is 1. The number of ether oxygens (including phenoxy) is 2. The molecule has 0 amide bonds.